The fourth-order valence-corrected chi connectivity index (χ4v) is 3.21. The smallest absolute Gasteiger partial charge is 0.246 e. The Hall–Kier alpha value is -1.54. The number of nitrogens with two attached hydrogens (primary N) is 1. The quantitative estimate of drug-likeness (QED) is 0.776. The van der Waals surface area contributed by atoms with Crippen molar-refractivity contribution < 1.29 is 4.79 Å². The molecule has 5 nitrogen and oxygen atoms in total. The van der Waals surface area contributed by atoms with Crippen LogP contribution >= 0.6 is 34.7 Å². The highest BCUT2D eigenvalue weighted by Gasteiger charge is 2.20. The number of carbonyl (C=O) groups is 1. The zero-order valence-corrected chi connectivity index (χ0v) is 12.4. The Morgan fingerprint density at radius 3 is 2.95 bits per heavy atom. The molecule has 1 aromatic carbocycles. The van der Waals surface area contributed by atoms with Crippen molar-refractivity contribution in [2.45, 2.75) is 6.04 Å². The summed E-state index contributed by atoms with van der Waals surface area (Å²) in [5.74, 6) is -0.324. The molecular formula is C12H9ClN4OS2. The number of nitrogens with one attached hydrogen (secondary N) is 1. The van der Waals surface area contributed by atoms with Crippen molar-refractivity contribution >= 4 is 57.3 Å². The summed E-state index contributed by atoms with van der Waals surface area (Å²) < 4.78 is 8.26. The maximum atomic E-state index is 12.2. The molecule has 3 aromatic rings. The maximum Gasteiger partial charge on any atom is 0.246 e. The van der Waals surface area contributed by atoms with E-state index in [1.807, 2.05) is 17.5 Å². The molecule has 1 amide bonds. The number of amides is 1. The van der Waals surface area contributed by atoms with E-state index in [0.717, 1.165) is 16.6 Å². The number of hydrogen-bond acceptors (Lipinski definition) is 6. The second kappa shape index (κ2) is 5.45. The molecule has 0 saturated heterocycles. The molecule has 0 radical (unpaired) electrons. The zero-order valence-electron chi connectivity index (χ0n) is 10.0. The number of carbonyl (C=O) groups excluding carboxylic acids is 1. The zero-order chi connectivity index (χ0) is 14.1. The van der Waals surface area contributed by atoms with Crippen LogP contribution in [0.2, 0.25) is 5.02 Å². The molecule has 2 heterocycles. The van der Waals surface area contributed by atoms with Gasteiger partial charge in [0.1, 0.15) is 17.1 Å². The normalized spacial score (nSPS) is 12.5. The summed E-state index contributed by atoms with van der Waals surface area (Å²) >= 11 is 8.62. The second-order valence-corrected chi connectivity index (χ2v) is 5.95. The third-order valence-corrected chi connectivity index (χ3v) is 4.57. The van der Waals surface area contributed by atoms with E-state index in [2.05, 4.69) is 14.1 Å². The minimum Gasteiger partial charge on any atom is -0.321 e. The molecule has 2 aromatic heterocycles. The van der Waals surface area contributed by atoms with E-state index in [0.29, 0.717) is 21.7 Å². The van der Waals surface area contributed by atoms with Gasteiger partial charge in [-0.2, -0.15) is 8.75 Å². The third-order valence-electron chi connectivity index (χ3n) is 2.76. The molecule has 0 spiro atoms. The minimum atomic E-state index is -0.729. The first-order valence-electron chi connectivity index (χ1n) is 5.67. The summed E-state index contributed by atoms with van der Waals surface area (Å²) in [6.07, 6.45) is 0. The van der Waals surface area contributed by atoms with Gasteiger partial charge in [-0.15, -0.1) is 11.3 Å². The van der Waals surface area contributed by atoms with E-state index in [1.165, 1.54) is 11.3 Å². The first-order valence-corrected chi connectivity index (χ1v) is 7.66. The molecule has 3 rings (SSSR count). The molecule has 3 N–H and O–H groups in total. The van der Waals surface area contributed by atoms with Gasteiger partial charge in [0.05, 0.1) is 22.4 Å². The van der Waals surface area contributed by atoms with E-state index in [4.69, 9.17) is 17.3 Å². The van der Waals surface area contributed by atoms with E-state index in [1.54, 1.807) is 12.1 Å². The average Bonchev–Trinajstić information content (AvgIpc) is 3.11. The van der Waals surface area contributed by atoms with Crippen LogP contribution in [-0.4, -0.2) is 14.7 Å². The number of rotatable bonds is 3. The molecule has 1 unspecified atom stereocenters. The molecule has 0 aliphatic carbocycles. The summed E-state index contributed by atoms with van der Waals surface area (Å²) in [7, 11) is 0. The van der Waals surface area contributed by atoms with Gasteiger partial charge in [-0.1, -0.05) is 17.7 Å². The maximum absolute atomic E-state index is 12.2. The lowest BCUT2D eigenvalue weighted by Gasteiger charge is -2.12. The minimum absolute atomic E-state index is 0.324. The Morgan fingerprint density at radius 2 is 2.20 bits per heavy atom. The van der Waals surface area contributed by atoms with Gasteiger partial charge >= 0.3 is 0 Å². The monoisotopic (exact) mass is 324 g/mol. The van der Waals surface area contributed by atoms with Crippen LogP contribution in [0.25, 0.3) is 11.0 Å². The van der Waals surface area contributed by atoms with Crippen LogP contribution in [0.4, 0.5) is 5.69 Å². The molecule has 0 aliphatic rings. The molecule has 0 saturated carbocycles. The van der Waals surface area contributed by atoms with Gasteiger partial charge in [0, 0.05) is 4.88 Å². The van der Waals surface area contributed by atoms with E-state index in [-0.39, 0.29) is 5.91 Å². The largest absolute Gasteiger partial charge is 0.321 e. The Balaban J connectivity index is 1.91. The van der Waals surface area contributed by atoms with Gasteiger partial charge in [-0.05, 0) is 23.6 Å². The Kier molecular flexibility index (Phi) is 3.66. The topological polar surface area (TPSA) is 80.9 Å². The highest BCUT2D eigenvalue weighted by Crippen LogP contribution is 2.30. The second-order valence-electron chi connectivity index (χ2n) is 4.04. The molecule has 102 valence electrons. The number of fused-ring (bicyclic) bond motifs is 1. The Morgan fingerprint density at radius 1 is 1.35 bits per heavy atom. The van der Waals surface area contributed by atoms with Gasteiger partial charge < -0.3 is 11.1 Å². The van der Waals surface area contributed by atoms with Crippen molar-refractivity contribution in [3.05, 3.63) is 39.5 Å². The van der Waals surface area contributed by atoms with Crippen LogP contribution < -0.4 is 11.1 Å². The van der Waals surface area contributed by atoms with Crippen molar-refractivity contribution in [2.75, 3.05) is 5.32 Å². The van der Waals surface area contributed by atoms with Gasteiger partial charge in [0.2, 0.25) is 5.91 Å². The van der Waals surface area contributed by atoms with E-state index < -0.39 is 6.04 Å². The van der Waals surface area contributed by atoms with E-state index in [9.17, 15) is 4.79 Å². The molecule has 0 fully saturated rings. The van der Waals surface area contributed by atoms with Crippen LogP contribution in [0.1, 0.15) is 10.9 Å². The van der Waals surface area contributed by atoms with Gasteiger partial charge in [0.15, 0.2) is 0 Å². The molecule has 20 heavy (non-hydrogen) atoms. The number of halogens is 1. The molecule has 0 bridgehead atoms. The highest BCUT2D eigenvalue weighted by molar-refractivity contribution is 7.10. The lowest BCUT2D eigenvalue weighted by atomic mass is 10.2. The van der Waals surface area contributed by atoms with Crippen LogP contribution in [0.5, 0.6) is 0 Å². The van der Waals surface area contributed by atoms with Gasteiger partial charge in [-0.25, -0.2) is 0 Å². The van der Waals surface area contributed by atoms with Crippen LogP contribution in [0, 0.1) is 0 Å². The van der Waals surface area contributed by atoms with Crippen LogP contribution in [-0.2, 0) is 4.79 Å². The standard InChI is InChI=1S/C12H9ClN4OS2/c13-6-3-4-7-11(17-20-16-7)10(6)15-12(18)9(14)8-2-1-5-19-8/h1-5,9H,14H2,(H,15,18). The summed E-state index contributed by atoms with van der Waals surface area (Å²) in [5.41, 5.74) is 7.65. The fourth-order valence-electron chi connectivity index (χ4n) is 1.74. The Bertz CT molecular complexity index is 756. The van der Waals surface area contributed by atoms with Crippen LogP contribution in [0.15, 0.2) is 29.6 Å². The third kappa shape index (κ3) is 2.40. The number of nitrogens with zero attached hydrogens (tertiary/aromatic N) is 2. The van der Waals surface area contributed by atoms with Gasteiger partial charge in [-0.3, -0.25) is 4.79 Å². The lowest BCUT2D eigenvalue weighted by Crippen LogP contribution is -2.27. The molecule has 1 atom stereocenters. The summed E-state index contributed by atoms with van der Waals surface area (Å²) in [6.45, 7) is 0. The first-order chi connectivity index (χ1) is 9.66. The molecule has 0 aliphatic heterocycles. The summed E-state index contributed by atoms with van der Waals surface area (Å²) in [6, 6.07) is 6.38. The summed E-state index contributed by atoms with van der Waals surface area (Å²) in [5, 5.41) is 5.03. The number of benzene rings is 1. The Labute approximate surface area is 127 Å². The SMILES string of the molecule is NC(C(=O)Nc1c(Cl)ccc2nsnc12)c1cccs1. The van der Waals surface area contributed by atoms with Crippen LogP contribution in [0.3, 0.4) is 0 Å². The van der Waals surface area contributed by atoms with E-state index >= 15 is 0 Å². The first kappa shape index (κ1) is 13.4. The van der Waals surface area contributed by atoms with Crippen molar-refractivity contribution in [1.82, 2.24) is 8.75 Å². The summed E-state index contributed by atoms with van der Waals surface area (Å²) in [4.78, 5) is 13.0. The van der Waals surface area contributed by atoms with Crippen molar-refractivity contribution in [1.29, 1.82) is 0 Å². The number of hydrogen-bond donors (Lipinski definition) is 2. The predicted molar refractivity (Wildman–Crippen MR) is 82.3 cm³/mol. The number of anilines is 1. The van der Waals surface area contributed by atoms with Crippen molar-refractivity contribution in [3.8, 4) is 0 Å². The van der Waals surface area contributed by atoms with Crippen molar-refractivity contribution in [3.63, 3.8) is 0 Å². The number of aromatic nitrogens is 2. The predicted octanol–water partition coefficient (Wildman–Crippen LogP) is 3.04. The highest BCUT2D eigenvalue weighted by atomic mass is 35.5. The molecule has 8 heteroatoms. The number of thiophene rings is 1. The van der Waals surface area contributed by atoms with Crippen molar-refractivity contribution in [2.24, 2.45) is 5.73 Å². The van der Waals surface area contributed by atoms with Gasteiger partial charge in [0.25, 0.3) is 0 Å². The fraction of sp³-hybridized carbons (Fsp3) is 0.0833. The molecular weight excluding hydrogens is 316 g/mol. The lowest BCUT2D eigenvalue weighted by molar-refractivity contribution is -0.117. The average molecular weight is 325 g/mol.